The number of nitrogens with one attached hydrogen (secondary N) is 1. The number of aryl methyl sites for hydroxylation is 1. The van der Waals surface area contributed by atoms with Crippen LogP contribution in [0.2, 0.25) is 0 Å². The molecule has 2 heterocycles. The standard InChI is InChI=1S/C15H11Cl2N3/c1-8(16)11(17)7-13-9(2)18-14-10-5-3-4-6-12(10)19-15(14)20-13/h3-7H,1H2,2H3,(H,19,20)/b11-7+. The Morgan fingerprint density at radius 3 is 2.75 bits per heavy atom. The maximum absolute atomic E-state index is 6.00. The maximum Gasteiger partial charge on any atom is 0.157 e. The summed E-state index contributed by atoms with van der Waals surface area (Å²) in [7, 11) is 0. The van der Waals surface area contributed by atoms with Crippen LogP contribution in [-0.4, -0.2) is 15.0 Å². The van der Waals surface area contributed by atoms with E-state index in [9.17, 15) is 0 Å². The van der Waals surface area contributed by atoms with Gasteiger partial charge in [0.25, 0.3) is 0 Å². The third-order valence-corrected chi connectivity index (χ3v) is 3.70. The fraction of sp³-hybridized carbons (Fsp3) is 0.0667. The normalized spacial score (nSPS) is 12.2. The molecular weight excluding hydrogens is 293 g/mol. The molecule has 0 unspecified atom stereocenters. The zero-order chi connectivity index (χ0) is 14.3. The van der Waals surface area contributed by atoms with Crippen LogP contribution in [0.5, 0.6) is 0 Å². The Kier molecular flexibility index (Phi) is 3.24. The van der Waals surface area contributed by atoms with Gasteiger partial charge in [0, 0.05) is 10.9 Å². The highest BCUT2D eigenvalue weighted by molar-refractivity contribution is 6.44. The number of aromatic amines is 1. The number of H-pyrrole nitrogens is 1. The van der Waals surface area contributed by atoms with Crippen molar-refractivity contribution in [2.45, 2.75) is 6.92 Å². The molecule has 0 aliphatic carbocycles. The van der Waals surface area contributed by atoms with Crippen molar-refractivity contribution < 1.29 is 0 Å². The Labute approximate surface area is 125 Å². The van der Waals surface area contributed by atoms with Crippen LogP contribution in [0.3, 0.4) is 0 Å². The van der Waals surface area contributed by atoms with Crippen LogP contribution in [0.4, 0.5) is 0 Å². The molecule has 0 bridgehead atoms. The Morgan fingerprint density at radius 2 is 2.00 bits per heavy atom. The summed E-state index contributed by atoms with van der Waals surface area (Å²) in [5.41, 5.74) is 4.06. The molecule has 0 atom stereocenters. The number of fused-ring (bicyclic) bond motifs is 3. The van der Waals surface area contributed by atoms with Crippen molar-refractivity contribution in [2.75, 3.05) is 0 Å². The smallest absolute Gasteiger partial charge is 0.157 e. The van der Waals surface area contributed by atoms with Gasteiger partial charge in [-0.3, -0.25) is 0 Å². The summed E-state index contributed by atoms with van der Waals surface area (Å²) in [6.07, 6.45) is 1.67. The van der Waals surface area contributed by atoms with Crippen LogP contribution >= 0.6 is 23.2 Å². The predicted molar refractivity (Wildman–Crippen MR) is 85.0 cm³/mol. The SMILES string of the molecule is C=C(Cl)/C(Cl)=C\c1nc2[nH]c3ccccc3c2nc1C. The van der Waals surface area contributed by atoms with Crippen LogP contribution in [0.25, 0.3) is 28.1 Å². The van der Waals surface area contributed by atoms with E-state index in [0.29, 0.717) is 10.7 Å². The largest absolute Gasteiger partial charge is 0.338 e. The highest BCUT2D eigenvalue weighted by Gasteiger charge is 2.10. The molecule has 0 saturated heterocycles. The summed E-state index contributed by atoms with van der Waals surface area (Å²) in [6, 6.07) is 7.97. The molecule has 0 aliphatic heterocycles. The molecule has 1 N–H and O–H groups in total. The van der Waals surface area contributed by atoms with E-state index in [0.717, 1.165) is 27.8 Å². The van der Waals surface area contributed by atoms with Crippen LogP contribution in [0.1, 0.15) is 11.4 Å². The van der Waals surface area contributed by atoms with Gasteiger partial charge in [0.1, 0.15) is 5.52 Å². The number of nitrogens with zero attached hydrogens (tertiary/aromatic N) is 2. The van der Waals surface area contributed by atoms with Gasteiger partial charge in [-0.25, -0.2) is 9.97 Å². The quantitative estimate of drug-likeness (QED) is 0.694. The molecule has 100 valence electrons. The van der Waals surface area contributed by atoms with Gasteiger partial charge >= 0.3 is 0 Å². The van der Waals surface area contributed by atoms with E-state index in [-0.39, 0.29) is 5.03 Å². The van der Waals surface area contributed by atoms with Crippen LogP contribution in [-0.2, 0) is 0 Å². The van der Waals surface area contributed by atoms with Crippen LogP contribution in [0.15, 0.2) is 40.9 Å². The third kappa shape index (κ3) is 2.19. The van der Waals surface area contributed by atoms with E-state index in [2.05, 4.69) is 21.5 Å². The van der Waals surface area contributed by atoms with Crippen molar-refractivity contribution in [3.63, 3.8) is 0 Å². The van der Waals surface area contributed by atoms with Gasteiger partial charge in [-0.15, -0.1) is 0 Å². The van der Waals surface area contributed by atoms with E-state index in [1.54, 1.807) is 6.08 Å². The number of allylic oxidation sites excluding steroid dienone is 2. The summed E-state index contributed by atoms with van der Waals surface area (Å²) < 4.78 is 0. The third-order valence-electron chi connectivity index (χ3n) is 3.06. The zero-order valence-electron chi connectivity index (χ0n) is 10.7. The van der Waals surface area contributed by atoms with E-state index in [4.69, 9.17) is 23.2 Å². The Morgan fingerprint density at radius 1 is 1.25 bits per heavy atom. The van der Waals surface area contributed by atoms with E-state index in [1.165, 1.54) is 0 Å². The minimum Gasteiger partial charge on any atom is -0.338 e. The number of benzene rings is 1. The summed E-state index contributed by atoms with van der Waals surface area (Å²) in [5.74, 6) is 0. The first-order chi connectivity index (χ1) is 9.56. The average molecular weight is 304 g/mol. The van der Waals surface area contributed by atoms with Crippen molar-refractivity contribution in [3.05, 3.63) is 52.3 Å². The van der Waals surface area contributed by atoms with Crippen LogP contribution in [0, 0.1) is 6.92 Å². The summed E-state index contributed by atoms with van der Waals surface area (Å²) in [5, 5.41) is 1.70. The molecule has 0 amide bonds. The highest BCUT2D eigenvalue weighted by atomic mass is 35.5. The van der Waals surface area contributed by atoms with Gasteiger partial charge in [0.2, 0.25) is 0 Å². The van der Waals surface area contributed by atoms with Crippen molar-refractivity contribution in [1.82, 2.24) is 15.0 Å². The van der Waals surface area contributed by atoms with Gasteiger partial charge in [-0.1, -0.05) is 48.0 Å². The van der Waals surface area contributed by atoms with Gasteiger partial charge < -0.3 is 4.98 Å². The lowest BCUT2D eigenvalue weighted by molar-refractivity contribution is 1.16. The molecule has 0 aliphatic rings. The van der Waals surface area contributed by atoms with Crippen LogP contribution < -0.4 is 0 Å². The molecule has 0 fully saturated rings. The second kappa shape index (κ2) is 4.93. The molecule has 2 aromatic heterocycles. The van der Waals surface area contributed by atoms with Crippen molar-refractivity contribution in [2.24, 2.45) is 0 Å². The Hall–Kier alpha value is -1.84. The highest BCUT2D eigenvalue weighted by Crippen LogP contribution is 2.25. The van der Waals surface area contributed by atoms with E-state index in [1.807, 2.05) is 31.2 Å². The Bertz CT molecular complexity index is 862. The molecule has 5 heteroatoms. The first kappa shape index (κ1) is 13.2. The summed E-state index contributed by atoms with van der Waals surface area (Å²) >= 11 is 11.8. The second-order valence-corrected chi connectivity index (χ2v) is 5.32. The second-order valence-electron chi connectivity index (χ2n) is 4.46. The molecule has 0 saturated carbocycles. The number of para-hydroxylation sites is 1. The molecule has 20 heavy (non-hydrogen) atoms. The molecule has 0 radical (unpaired) electrons. The average Bonchev–Trinajstić information content (AvgIpc) is 2.76. The number of hydrogen-bond donors (Lipinski definition) is 1. The number of hydrogen-bond acceptors (Lipinski definition) is 2. The lowest BCUT2D eigenvalue weighted by Crippen LogP contribution is -1.93. The topological polar surface area (TPSA) is 41.6 Å². The Balaban J connectivity index is 2.27. The van der Waals surface area contributed by atoms with E-state index >= 15 is 0 Å². The first-order valence-electron chi connectivity index (χ1n) is 6.03. The number of aromatic nitrogens is 3. The maximum atomic E-state index is 6.00. The lowest BCUT2D eigenvalue weighted by atomic mass is 10.2. The minimum atomic E-state index is 0.282. The molecule has 0 spiro atoms. The number of rotatable bonds is 2. The van der Waals surface area contributed by atoms with Crippen molar-refractivity contribution in [3.8, 4) is 0 Å². The predicted octanol–water partition coefficient (Wildman–Crippen LogP) is 4.75. The molecular formula is C15H11Cl2N3. The molecule has 3 aromatic rings. The van der Waals surface area contributed by atoms with Crippen molar-refractivity contribution >= 4 is 51.3 Å². The van der Waals surface area contributed by atoms with Gasteiger partial charge in [-0.2, -0.15) is 0 Å². The first-order valence-corrected chi connectivity index (χ1v) is 6.79. The van der Waals surface area contributed by atoms with E-state index < -0.39 is 0 Å². The fourth-order valence-electron chi connectivity index (χ4n) is 2.07. The zero-order valence-corrected chi connectivity index (χ0v) is 12.3. The molecule has 3 nitrogen and oxygen atoms in total. The minimum absolute atomic E-state index is 0.282. The number of halogens is 2. The van der Waals surface area contributed by atoms with Gasteiger partial charge in [0.05, 0.1) is 21.5 Å². The van der Waals surface area contributed by atoms with Gasteiger partial charge in [0.15, 0.2) is 5.65 Å². The summed E-state index contributed by atoms with van der Waals surface area (Å²) in [6.45, 7) is 5.48. The molecule has 3 rings (SSSR count). The summed E-state index contributed by atoms with van der Waals surface area (Å²) in [4.78, 5) is 12.4. The lowest BCUT2D eigenvalue weighted by Gasteiger charge is -2.01. The fourth-order valence-corrected chi connectivity index (χ4v) is 2.23. The van der Waals surface area contributed by atoms with Gasteiger partial charge in [-0.05, 0) is 19.1 Å². The molecule has 1 aromatic carbocycles. The monoisotopic (exact) mass is 303 g/mol. The van der Waals surface area contributed by atoms with Crippen molar-refractivity contribution in [1.29, 1.82) is 0 Å².